The highest BCUT2D eigenvalue weighted by atomic mass is 16.5. The Morgan fingerprint density at radius 3 is 2.62 bits per heavy atom. The fraction of sp³-hybridized carbons (Fsp3) is 0.538. The van der Waals surface area contributed by atoms with Crippen LogP contribution in [0, 0.1) is 0 Å². The molecule has 0 fully saturated rings. The van der Waals surface area contributed by atoms with Crippen molar-refractivity contribution in [2.24, 2.45) is 0 Å². The van der Waals surface area contributed by atoms with Crippen molar-refractivity contribution in [1.82, 2.24) is 20.8 Å². The zero-order valence-corrected chi connectivity index (χ0v) is 12.3. The molecule has 1 aromatic heterocycles. The molecule has 116 valence electrons. The van der Waals surface area contributed by atoms with Gasteiger partial charge in [-0.3, -0.25) is 9.59 Å². The summed E-state index contributed by atoms with van der Waals surface area (Å²) in [5.41, 5.74) is 0.219. The zero-order valence-electron chi connectivity index (χ0n) is 12.3. The molecule has 0 unspecified atom stereocenters. The lowest BCUT2D eigenvalue weighted by atomic mass is 10.3. The normalized spacial score (nSPS) is 10.0. The highest BCUT2D eigenvalue weighted by molar-refractivity contribution is 5.92. The fourth-order valence-corrected chi connectivity index (χ4v) is 1.49. The van der Waals surface area contributed by atoms with Crippen LogP contribution in [0.4, 0.5) is 5.82 Å². The summed E-state index contributed by atoms with van der Waals surface area (Å²) in [5.74, 6) is 0.128. The molecule has 3 N–H and O–H groups in total. The van der Waals surface area contributed by atoms with Crippen LogP contribution in [0.1, 0.15) is 23.8 Å². The van der Waals surface area contributed by atoms with Gasteiger partial charge in [0.15, 0.2) is 5.69 Å². The molecular formula is C13H21N5O3. The van der Waals surface area contributed by atoms with E-state index in [1.54, 1.807) is 19.2 Å². The molecule has 1 rings (SSSR count). The number of aromatic nitrogens is 2. The molecular weight excluding hydrogens is 274 g/mol. The van der Waals surface area contributed by atoms with E-state index in [9.17, 15) is 9.59 Å². The molecule has 1 aromatic rings. The Labute approximate surface area is 123 Å². The van der Waals surface area contributed by atoms with E-state index in [1.165, 1.54) is 0 Å². The van der Waals surface area contributed by atoms with Crippen molar-refractivity contribution in [3.05, 3.63) is 17.8 Å². The van der Waals surface area contributed by atoms with Crippen LogP contribution >= 0.6 is 0 Å². The molecule has 0 aromatic carbocycles. The van der Waals surface area contributed by atoms with E-state index < -0.39 is 0 Å². The van der Waals surface area contributed by atoms with Crippen molar-refractivity contribution >= 4 is 17.6 Å². The van der Waals surface area contributed by atoms with Crippen LogP contribution in [0.2, 0.25) is 0 Å². The van der Waals surface area contributed by atoms with E-state index in [1.807, 2.05) is 6.92 Å². The average Bonchev–Trinajstić information content (AvgIpc) is 2.48. The monoisotopic (exact) mass is 295 g/mol. The lowest BCUT2D eigenvalue weighted by Crippen LogP contribution is -2.32. The number of carbonyl (C=O) groups excluding carboxylic acids is 2. The molecule has 0 aliphatic carbocycles. The van der Waals surface area contributed by atoms with Gasteiger partial charge in [-0.2, -0.15) is 0 Å². The zero-order chi connectivity index (χ0) is 15.5. The number of anilines is 1. The third-order valence-electron chi connectivity index (χ3n) is 2.52. The maximum Gasteiger partial charge on any atom is 0.271 e. The average molecular weight is 295 g/mol. The lowest BCUT2D eigenvalue weighted by molar-refractivity contribution is -0.121. The maximum atomic E-state index is 11.8. The minimum absolute atomic E-state index is 0.138. The Balaban J connectivity index is 2.28. The molecule has 0 aliphatic rings. The van der Waals surface area contributed by atoms with Crippen molar-refractivity contribution in [3.8, 4) is 0 Å². The second-order valence-electron chi connectivity index (χ2n) is 4.18. The second-order valence-corrected chi connectivity index (χ2v) is 4.18. The largest absolute Gasteiger partial charge is 0.383 e. The molecule has 0 aliphatic heterocycles. The van der Waals surface area contributed by atoms with E-state index in [-0.39, 0.29) is 30.5 Å². The van der Waals surface area contributed by atoms with Gasteiger partial charge in [-0.1, -0.05) is 0 Å². The Hall–Kier alpha value is -2.22. The van der Waals surface area contributed by atoms with Crippen LogP contribution in [0.25, 0.3) is 0 Å². The first kappa shape index (κ1) is 16.8. The molecule has 0 radical (unpaired) electrons. The van der Waals surface area contributed by atoms with Gasteiger partial charge in [0.25, 0.3) is 5.91 Å². The summed E-state index contributed by atoms with van der Waals surface area (Å²) in [6, 6.07) is 3.27. The second kappa shape index (κ2) is 9.65. The number of rotatable bonds is 9. The van der Waals surface area contributed by atoms with Crippen molar-refractivity contribution < 1.29 is 14.3 Å². The number of nitrogens with one attached hydrogen (secondary N) is 3. The Bertz CT molecular complexity index is 450. The van der Waals surface area contributed by atoms with Gasteiger partial charge in [0.2, 0.25) is 5.91 Å². The molecule has 0 spiro atoms. The van der Waals surface area contributed by atoms with Crippen LogP contribution in [0.5, 0.6) is 0 Å². The van der Waals surface area contributed by atoms with Crippen molar-refractivity contribution in [1.29, 1.82) is 0 Å². The number of methoxy groups -OCH3 is 1. The summed E-state index contributed by atoms with van der Waals surface area (Å²) in [4.78, 5) is 23.2. The lowest BCUT2D eigenvalue weighted by Gasteiger charge is -2.06. The standard InChI is InChI=1S/C13H21N5O3/c1-3-14-11-5-4-10(17-18-11)13(20)16-7-6-12(19)15-8-9-21-2/h4-5H,3,6-9H2,1-2H3,(H,14,18)(H,15,19)(H,16,20). The van der Waals surface area contributed by atoms with Gasteiger partial charge in [-0.15, -0.1) is 10.2 Å². The number of hydrogen-bond donors (Lipinski definition) is 3. The van der Waals surface area contributed by atoms with Crippen LogP contribution in [0.3, 0.4) is 0 Å². The molecule has 8 nitrogen and oxygen atoms in total. The van der Waals surface area contributed by atoms with Crippen LogP contribution in [-0.4, -0.2) is 55.4 Å². The van der Waals surface area contributed by atoms with Crippen molar-refractivity contribution in [2.45, 2.75) is 13.3 Å². The molecule has 8 heteroatoms. The number of amides is 2. The van der Waals surface area contributed by atoms with Crippen molar-refractivity contribution in [2.75, 3.05) is 38.7 Å². The number of hydrogen-bond acceptors (Lipinski definition) is 6. The smallest absolute Gasteiger partial charge is 0.271 e. The highest BCUT2D eigenvalue weighted by Crippen LogP contribution is 2.01. The predicted molar refractivity (Wildman–Crippen MR) is 78.0 cm³/mol. The molecule has 0 atom stereocenters. The van der Waals surface area contributed by atoms with Gasteiger partial charge in [-0.05, 0) is 19.1 Å². The molecule has 1 heterocycles. The topological polar surface area (TPSA) is 105 Å². The summed E-state index contributed by atoms with van der Waals surface area (Å²) < 4.78 is 4.81. The minimum Gasteiger partial charge on any atom is -0.383 e. The SMILES string of the molecule is CCNc1ccc(C(=O)NCCC(=O)NCCOC)nn1. The van der Waals surface area contributed by atoms with Gasteiger partial charge in [0.05, 0.1) is 6.61 Å². The number of ether oxygens (including phenoxy) is 1. The Morgan fingerprint density at radius 1 is 1.19 bits per heavy atom. The van der Waals surface area contributed by atoms with Gasteiger partial charge in [-0.25, -0.2) is 0 Å². The maximum absolute atomic E-state index is 11.8. The number of nitrogens with zero attached hydrogens (tertiary/aromatic N) is 2. The Kier molecular flexibility index (Phi) is 7.73. The van der Waals surface area contributed by atoms with E-state index in [0.717, 1.165) is 6.54 Å². The fourth-order valence-electron chi connectivity index (χ4n) is 1.49. The van der Waals surface area contributed by atoms with Gasteiger partial charge >= 0.3 is 0 Å². The van der Waals surface area contributed by atoms with E-state index in [2.05, 4.69) is 26.1 Å². The third-order valence-corrected chi connectivity index (χ3v) is 2.52. The predicted octanol–water partition coefficient (Wildman–Crippen LogP) is -0.209. The summed E-state index contributed by atoms with van der Waals surface area (Å²) in [6.45, 7) is 3.85. The molecule has 0 saturated carbocycles. The van der Waals surface area contributed by atoms with Crippen LogP contribution in [-0.2, 0) is 9.53 Å². The van der Waals surface area contributed by atoms with Crippen LogP contribution < -0.4 is 16.0 Å². The first-order valence-corrected chi connectivity index (χ1v) is 6.78. The molecule has 2 amide bonds. The number of carbonyl (C=O) groups is 2. The highest BCUT2D eigenvalue weighted by Gasteiger charge is 2.08. The molecule has 0 bridgehead atoms. The molecule has 0 saturated heterocycles. The van der Waals surface area contributed by atoms with Gasteiger partial charge in [0.1, 0.15) is 5.82 Å². The van der Waals surface area contributed by atoms with E-state index >= 15 is 0 Å². The first-order valence-electron chi connectivity index (χ1n) is 6.78. The summed E-state index contributed by atoms with van der Waals surface area (Å²) >= 11 is 0. The van der Waals surface area contributed by atoms with Crippen molar-refractivity contribution in [3.63, 3.8) is 0 Å². The first-order chi connectivity index (χ1) is 10.2. The third kappa shape index (κ3) is 6.66. The minimum atomic E-state index is -0.352. The van der Waals surface area contributed by atoms with Gasteiger partial charge in [0, 0.05) is 33.2 Å². The van der Waals surface area contributed by atoms with Gasteiger partial charge < -0.3 is 20.7 Å². The molecule has 21 heavy (non-hydrogen) atoms. The van der Waals surface area contributed by atoms with E-state index in [0.29, 0.717) is 19.0 Å². The summed E-state index contributed by atoms with van der Waals surface area (Å²) in [6.07, 6.45) is 0.207. The van der Waals surface area contributed by atoms with Crippen LogP contribution in [0.15, 0.2) is 12.1 Å². The van der Waals surface area contributed by atoms with E-state index in [4.69, 9.17) is 4.74 Å². The Morgan fingerprint density at radius 2 is 2.00 bits per heavy atom. The summed E-state index contributed by atoms with van der Waals surface area (Å²) in [7, 11) is 1.56. The quantitative estimate of drug-likeness (QED) is 0.544. The summed E-state index contributed by atoms with van der Waals surface area (Å²) in [5, 5.41) is 16.0.